The number of esters is 1. The number of hydrogen-bond donors (Lipinski definition) is 1. The van der Waals surface area contributed by atoms with E-state index >= 15 is 0 Å². The molecule has 1 fully saturated rings. The number of aliphatic hydroxyl groups excluding tert-OH is 1. The molecule has 0 aromatic carbocycles. The van der Waals surface area contributed by atoms with E-state index in [1.807, 2.05) is 6.08 Å². The molecule has 0 aliphatic heterocycles. The van der Waals surface area contributed by atoms with Gasteiger partial charge in [0.25, 0.3) is 0 Å². The van der Waals surface area contributed by atoms with Crippen LogP contribution >= 0.6 is 0 Å². The number of allylic oxidation sites excluding steroid dienone is 1. The molecule has 96 valence electrons. The molecule has 0 spiro atoms. The molecule has 0 bridgehead atoms. The topological polar surface area (TPSA) is 46.5 Å². The zero-order valence-corrected chi connectivity index (χ0v) is 10.5. The number of rotatable bonds is 5. The van der Waals surface area contributed by atoms with Crippen LogP contribution in [0.15, 0.2) is 24.3 Å². The molecule has 3 nitrogen and oxygen atoms in total. The van der Waals surface area contributed by atoms with Crippen molar-refractivity contribution in [2.45, 2.75) is 45.1 Å². The van der Waals surface area contributed by atoms with E-state index in [9.17, 15) is 9.90 Å². The summed E-state index contributed by atoms with van der Waals surface area (Å²) >= 11 is 0. The van der Waals surface area contributed by atoms with Crippen LogP contribution in [0.3, 0.4) is 0 Å². The highest BCUT2D eigenvalue weighted by atomic mass is 16.5. The van der Waals surface area contributed by atoms with Gasteiger partial charge in [0.1, 0.15) is 6.10 Å². The highest BCUT2D eigenvalue weighted by molar-refractivity contribution is 5.90. The lowest BCUT2D eigenvalue weighted by Crippen LogP contribution is -2.20. The maximum absolute atomic E-state index is 11.7. The summed E-state index contributed by atoms with van der Waals surface area (Å²) < 4.78 is 4.95. The molecule has 0 radical (unpaired) electrons. The Labute approximate surface area is 103 Å². The third kappa shape index (κ3) is 4.35. The van der Waals surface area contributed by atoms with Gasteiger partial charge in [-0.2, -0.15) is 0 Å². The van der Waals surface area contributed by atoms with Crippen molar-refractivity contribution in [2.75, 3.05) is 6.61 Å². The largest absolute Gasteiger partial charge is 0.463 e. The second kappa shape index (κ2) is 7.28. The Morgan fingerprint density at radius 3 is 2.65 bits per heavy atom. The van der Waals surface area contributed by atoms with E-state index in [2.05, 4.69) is 6.58 Å². The molecule has 0 heterocycles. The third-order valence-corrected chi connectivity index (χ3v) is 3.12. The van der Waals surface area contributed by atoms with Gasteiger partial charge in [0.05, 0.1) is 12.2 Å². The van der Waals surface area contributed by atoms with Gasteiger partial charge in [0.2, 0.25) is 0 Å². The van der Waals surface area contributed by atoms with Gasteiger partial charge in [-0.1, -0.05) is 31.4 Å². The smallest absolute Gasteiger partial charge is 0.336 e. The summed E-state index contributed by atoms with van der Waals surface area (Å²) in [6.07, 6.45) is 8.16. The summed E-state index contributed by atoms with van der Waals surface area (Å²) in [5.41, 5.74) is 0.341. The Bertz CT molecular complexity index is 288. The molecule has 1 N–H and O–H groups in total. The first-order valence-corrected chi connectivity index (χ1v) is 6.38. The third-order valence-electron chi connectivity index (χ3n) is 3.12. The second-order valence-electron chi connectivity index (χ2n) is 4.42. The second-order valence-corrected chi connectivity index (χ2v) is 4.42. The van der Waals surface area contributed by atoms with E-state index in [-0.39, 0.29) is 0 Å². The van der Waals surface area contributed by atoms with Crippen LogP contribution in [0.5, 0.6) is 0 Å². The zero-order chi connectivity index (χ0) is 12.7. The Hall–Kier alpha value is -1.09. The highest BCUT2D eigenvalue weighted by Gasteiger charge is 2.20. The number of hydrogen-bond acceptors (Lipinski definition) is 3. The molecule has 3 heteroatoms. The molecule has 0 amide bonds. The Balaban J connectivity index is 2.76. The average molecular weight is 238 g/mol. The van der Waals surface area contributed by atoms with Gasteiger partial charge >= 0.3 is 5.97 Å². The standard InChI is InChI=1S/C14H22O3/c1-3-13(15)12(14(16)17-4-2)10-11-8-6-5-7-9-11/h3,10-11,13,15H,1,4-9H2,2H3/b12-10-. The number of aliphatic hydroxyl groups is 1. The van der Waals surface area contributed by atoms with Gasteiger partial charge < -0.3 is 9.84 Å². The first-order valence-electron chi connectivity index (χ1n) is 6.38. The van der Waals surface area contributed by atoms with Gasteiger partial charge in [-0.15, -0.1) is 6.58 Å². The molecular formula is C14H22O3. The van der Waals surface area contributed by atoms with Crippen molar-refractivity contribution in [2.24, 2.45) is 5.92 Å². The first kappa shape index (κ1) is 14.0. The predicted octanol–water partition coefficient (Wildman–Crippen LogP) is 2.60. The van der Waals surface area contributed by atoms with Crippen LogP contribution in [0.2, 0.25) is 0 Å². The molecule has 1 aliphatic rings. The molecule has 1 atom stereocenters. The molecule has 1 rings (SSSR count). The van der Waals surface area contributed by atoms with E-state index in [1.165, 1.54) is 25.3 Å². The summed E-state index contributed by atoms with van der Waals surface area (Å²) in [5.74, 6) is -0.0387. The van der Waals surface area contributed by atoms with E-state index in [1.54, 1.807) is 6.92 Å². The van der Waals surface area contributed by atoms with E-state index in [0.29, 0.717) is 18.1 Å². The van der Waals surface area contributed by atoms with Gasteiger partial charge in [-0.05, 0) is 25.7 Å². The van der Waals surface area contributed by atoms with Gasteiger partial charge in [0, 0.05) is 0 Å². The van der Waals surface area contributed by atoms with Crippen molar-refractivity contribution < 1.29 is 14.6 Å². The molecular weight excluding hydrogens is 216 g/mol. The zero-order valence-electron chi connectivity index (χ0n) is 10.5. The molecule has 0 aromatic rings. The first-order chi connectivity index (χ1) is 8.19. The van der Waals surface area contributed by atoms with Crippen LogP contribution < -0.4 is 0 Å². The van der Waals surface area contributed by atoms with Crippen LogP contribution in [0.4, 0.5) is 0 Å². The van der Waals surface area contributed by atoms with Gasteiger partial charge in [-0.3, -0.25) is 0 Å². The minimum Gasteiger partial charge on any atom is -0.463 e. The monoisotopic (exact) mass is 238 g/mol. The predicted molar refractivity (Wildman–Crippen MR) is 67.5 cm³/mol. The maximum atomic E-state index is 11.7. The van der Waals surface area contributed by atoms with Crippen LogP contribution in [0, 0.1) is 5.92 Å². The number of carbonyl (C=O) groups is 1. The highest BCUT2D eigenvalue weighted by Crippen LogP contribution is 2.26. The summed E-state index contributed by atoms with van der Waals surface area (Å²) in [6, 6.07) is 0. The molecule has 1 saturated carbocycles. The van der Waals surface area contributed by atoms with Crippen LogP contribution in [-0.4, -0.2) is 23.8 Å². The van der Waals surface area contributed by atoms with Gasteiger partial charge in [0.15, 0.2) is 0 Å². The normalized spacial score (nSPS) is 19.8. The fourth-order valence-corrected chi connectivity index (χ4v) is 2.18. The molecule has 1 aliphatic carbocycles. The van der Waals surface area contributed by atoms with Crippen molar-refractivity contribution in [1.82, 2.24) is 0 Å². The molecule has 0 aromatic heterocycles. The van der Waals surface area contributed by atoms with Crippen LogP contribution in [0.1, 0.15) is 39.0 Å². The van der Waals surface area contributed by atoms with E-state index in [0.717, 1.165) is 12.8 Å². The number of carbonyl (C=O) groups excluding carboxylic acids is 1. The summed E-state index contributed by atoms with van der Waals surface area (Å²) in [4.78, 5) is 11.7. The minimum atomic E-state index is -0.920. The quantitative estimate of drug-likeness (QED) is 0.455. The van der Waals surface area contributed by atoms with E-state index < -0.39 is 12.1 Å². The van der Waals surface area contributed by atoms with Crippen molar-refractivity contribution in [3.63, 3.8) is 0 Å². The SMILES string of the molecule is C=CC(O)/C(=C/C1CCCCC1)C(=O)OCC. The Kier molecular flexibility index (Phi) is 5.98. The maximum Gasteiger partial charge on any atom is 0.336 e. The lowest BCUT2D eigenvalue weighted by molar-refractivity contribution is -0.139. The van der Waals surface area contributed by atoms with Crippen molar-refractivity contribution in [3.8, 4) is 0 Å². The molecule has 1 unspecified atom stereocenters. The fourth-order valence-electron chi connectivity index (χ4n) is 2.18. The lowest BCUT2D eigenvalue weighted by Gasteiger charge is -2.20. The lowest BCUT2D eigenvalue weighted by atomic mass is 9.87. The number of ether oxygens (including phenoxy) is 1. The average Bonchev–Trinajstić information content (AvgIpc) is 2.36. The van der Waals surface area contributed by atoms with Crippen molar-refractivity contribution in [1.29, 1.82) is 0 Å². The van der Waals surface area contributed by atoms with Crippen molar-refractivity contribution >= 4 is 5.97 Å². The van der Waals surface area contributed by atoms with Crippen LogP contribution in [0.25, 0.3) is 0 Å². The Morgan fingerprint density at radius 1 is 1.47 bits per heavy atom. The van der Waals surface area contributed by atoms with Crippen molar-refractivity contribution in [3.05, 3.63) is 24.3 Å². The summed E-state index contributed by atoms with van der Waals surface area (Å²) in [6.45, 7) is 5.60. The van der Waals surface area contributed by atoms with Crippen LogP contribution in [-0.2, 0) is 9.53 Å². The minimum absolute atomic E-state index is 0.324. The molecule has 17 heavy (non-hydrogen) atoms. The fraction of sp³-hybridized carbons (Fsp3) is 0.643. The van der Waals surface area contributed by atoms with Gasteiger partial charge in [-0.25, -0.2) is 4.79 Å². The molecule has 0 saturated heterocycles. The summed E-state index contributed by atoms with van der Waals surface area (Å²) in [7, 11) is 0. The summed E-state index contributed by atoms with van der Waals surface area (Å²) in [5, 5.41) is 9.76. The van der Waals surface area contributed by atoms with E-state index in [4.69, 9.17) is 4.74 Å². The Morgan fingerprint density at radius 2 is 2.12 bits per heavy atom.